The van der Waals surface area contributed by atoms with Gasteiger partial charge in [-0.15, -0.1) is 0 Å². The van der Waals surface area contributed by atoms with Crippen molar-refractivity contribution in [2.45, 2.75) is 24.3 Å². The Kier molecular flexibility index (Phi) is 5.10. The summed E-state index contributed by atoms with van der Waals surface area (Å²) in [5.74, 6) is 0. The molecule has 2 atom stereocenters. The van der Waals surface area contributed by atoms with Crippen molar-refractivity contribution in [1.82, 2.24) is 4.90 Å². The zero-order chi connectivity index (χ0) is 13.7. The summed E-state index contributed by atoms with van der Waals surface area (Å²) in [6, 6.07) is 10.0. The molecule has 1 aliphatic rings. The standard InChI is InChI=1S/C14H19NO3S/c1-17-14(16)15-8-13(19)7-12(15)10-18-9-11-5-3-2-4-6-11/h2-6,12-13,19H,7-10H2,1H3/t12-,13+/m0/s1. The largest absolute Gasteiger partial charge is 0.453 e. The second kappa shape index (κ2) is 6.82. The van der Waals surface area contributed by atoms with Gasteiger partial charge in [0.15, 0.2) is 0 Å². The van der Waals surface area contributed by atoms with Crippen molar-refractivity contribution in [2.24, 2.45) is 0 Å². The normalized spacial score (nSPS) is 22.5. The van der Waals surface area contributed by atoms with Crippen molar-refractivity contribution >= 4 is 18.7 Å². The quantitative estimate of drug-likeness (QED) is 0.861. The molecule has 0 saturated carbocycles. The molecule has 0 unspecified atom stereocenters. The molecule has 0 bridgehead atoms. The zero-order valence-electron chi connectivity index (χ0n) is 11.0. The van der Waals surface area contributed by atoms with E-state index >= 15 is 0 Å². The number of amides is 1. The van der Waals surface area contributed by atoms with Crippen LogP contribution in [0.3, 0.4) is 0 Å². The molecule has 1 aromatic carbocycles. The molecule has 1 heterocycles. The maximum atomic E-state index is 11.6. The van der Waals surface area contributed by atoms with E-state index in [2.05, 4.69) is 12.6 Å². The number of hydrogen-bond donors (Lipinski definition) is 1. The van der Waals surface area contributed by atoms with Crippen LogP contribution in [0.2, 0.25) is 0 Å². The topological polar surface area (TPSA) is 38.8 Å². The molecular formula is C14H19NO3S. The van der Waals surface area contributed by atoms with Crippen LogP contribution in [-0.2, 0) is 16.1 Å². The van der Waals surface area contributed by atoms with Crippen molar-refractivity contribution in [3.8, 4) is 0 Å². The van der Waals surface area contributed by atoms with E-state index in [4.69, 9.17) is 9.47 Å². The van der Waals surface area contributed by atoms with Gasteiger partial charge in [-0.05, 0) is 12.0 Å². The average Bonchev–Trinajstić information content (AvgIpc) is 2.80. The molecule has 1 fully saturated rings. The number of carbonyl (C=O) groups excluding carboxylic acids is 1. The predicted molar refractivity (Wildman–Crippen MR) is 76.4 cm³/mol. The van der Waals surface area contributed by atoms with Crippen LogP contribution < -0.4 is 0 Å². The van der Waals surface area contributed by atoms with Gasteiger partial charge in [-0.25, -0.2) is 4.79 Å². The summed E-state index contributed by atoms with van der Waals surface area (Å²) < 4.78 is 10.5. The smallest absolute Gasteiger partial charge is 0.409 e. The van der Waals surface area contributed by atoms with E-state index in [1.807, 2.05) is 30.3 Å². The van der Waals surface area contributed by atoms with Gasteiger partial charge in [-0.2, -0.15) is 12.6 Å². The third-order valence-corrected chi connectivity index (χ3v) is 3.60. The van der Waals surface area contributed by atoms with Crippen LogP contribution in [0.15, 0.2) is 30.3 Å². The van der Waals surface area contributed by atoms with E-state index in [1.165, 1.54) is 7.11 Å². The minimum atomic E-state index is -0.301. The molecule has 0 N–H and O–H groups in total. The fourth-order valence-electron chi connectivity index (χ4n) is 2.28. The Hall–Kier alpha value is -1.20. The van der Waals surface area contributed by atoms with Crippen LogP contribution in [0, 0.1) is 0 Å². The number of nitrogens with zero attached hydrogens (tertiary/aromatic N) is 1. The number of ether oxygens (including phenoxy) is 2. The molecule has 0 aromatic heterocycles. The maximum absolute atomic E-state index is 11.6. The van der Waals surface area contributed by atoms with Crippen molar-refractivity contribution in [3.63, 3.8) is 0 Å². The highest BCUT2D eigenvalue weighted by Gasteiger charge is 2.34. The van der Waals surface area contributed by atoms with Crippen LogP contribution in [0.1, 0.15) is 12.0 Å². The van der Waals surface area contributed by atoms with Gasteiger partial charge in [0.2, 0.25) is 0 Å². The fraction of sp³-hybridized carbons (Fsp3) is 0.500. The Balaban J connectivity index is 1.82. The average molecular weight is 281 g/mol. The molecule has 1 aliphatic heterocycles. The summed E-state index contributed by atoms with van der Waals surface area (Å²) in [6.07, 6.45) is 0.539. The Morgan fingerprint density at radius 2 is 2.16 bits per heavy atom. The number of likely N-dealkylation sites (tertiary alicyclic amines) is 1. The van der Waals surface area contributed by atoms with Crippen LogP contribution in [0.5, 0.6) is 0 Å². The SMILES string of the molecule is COC(=O)N1C[C@H](S)C[C@H]1COCc1ccccc1. The van der Waals surface area contributed by atoms with Crippen molar-refractivity contribution in [2.75, 3.05) is 20.3 Å². The Bertz CT molecular complexity index is 412. The van der Waals surface area contributed by atoms with E-state index < -0.39 is 0 Å². The second-order valence-electron chi connectivity index (χ2n) is 4.67. The molecule has 2 rings (SSSR count). The van der Waals surface area contributed by atoms with E-state index in [0.717, 1.165) is 12.0 Å². The first kappa shape index (κ1) is 14.2. The highest BCUT2D eigenvalue weighted by atomic mass is 32.1. The van der Waals surface area contributed by atoms with Gasteiger partial charge in [-0.3, -0.25) is 0 Å². The minimum absolute atomic E-state index is 0.0543. The third kappa shape index (κ3) is 3.88. The van der Waals surface area contributed by atoms with Gasteiger partial charge in [-0.1, -0.05) is 30.3 Å². The molecule has 104 valence electrons. The Morgan fingerprint density at radius 3 is 2.84 bits per heavy atom. The molecule has 0 aliphatic carbocycles. The van der Waals surface area contributed by atoms with Gasteiger partial charge in [0, 0.05) is 11.8 Å². The molecule has 5 heteroatoms. The molecule has 1 saturated heterocycles. The first-order valence-electron chi connectivity index (χ1n) is 6.35. The lowest BCUT2D eigenvalue weighted by atomic mass is 10.2. The Labute approximate surface area is 119 Å². The van der Waals surface area contributed by atoms with E-state index in [0.29, 0.717) is 19.8 Å². The van der Waals surface area contributed by atoms with Gasteiger partial charge in [0.25, 0.3) is 0 Å². The van der Waals surface area contributed by atoms with Gasteiger partial charge >= 0.3 is 6.09 Å². The van der Waals surface area contributed by atoms with Crippen molar-refractivity contribution < 1.29 is 14.3 Å². The number of methoxy groups -OCH3 is 1. The van der Waals surface area contributed by atoms with Crippen LogP contribution in [-0.4, -0.2) is 42.5 Å². The van der Waals surface area contributed by atoms with Gasteiger partial charge < -0.3 is 14.4 Å². The second-order valence-corrected chi connectivity index (χ2v) is 5.40. The fourth-order valence-corrected chi connectivity index (χ4v) is 2.70. The van der Waals surface area contributed by atoms with Crippen LogP contribution in [0.25, 0.3) is 0 Å². The lowest BCUT2D eigenvalue weighted by Gasteiger charge is -2.22. The minimum Gasteiger partial charge on any atom is -0.453 e. The lowest BCUT2D eigenvalue weighted by molar-refractivity contribution is 0.0587. The Morgan fingerprint density at radius 1 is 1.42 bits per heavy atom. The zero-order valence-corrected chi connectivity index (χ0v) is 11.9. The van der Waals surface area contributed by atoms with Gasteiger partial charge in [0.1, 0.15) is 0 Å². The number of rotatable bonds is 4. The molecule has 0 radical (unpaired) electrons. The molecule has 1 amide bonds. The van der Waals surface area contributed by atoms with Crippen molar-refractivity contribution in [3.05, 3.63) is 35.9 Å². The predicted octanol–water partition coefficient (Wildman–Crippen LogP) is 2.34. The van der Waals surface area contributed by atoms with E-state index in [1.54, 1.807) is 4.90 Å². The summed E-state index contributed by atoms with van der Waals surface area (Å²) >= 11 is 4.43. The number of benzene rings is 1. The molecule has 4 nitrogen and oxygen atoms in total. The third-order valence-electron chi connectivity index (χ3n) is 3.22. The molecule has 19 heavy (non-hydrogen) atoms. The maximum Gasteiger partial charge on any atom is 0.409 e. The lowest BCUT2D eigenvalue weighted by Crippen LogP contribution is -2.38. The summed E-state index contributed by atoms with van der Waals surface area (Å²) in [7, 11) is 1.40. The van der Waals surface area contributed by atoms with E-state index in [-0.39, 0.29) is 17.4 Å². The molecule has 1 aromatic rings. The highest BCUT2D eigenvalue weighted by Crippen LogP contribution is 2.23. The number of carbonyl (C=O) groups is 1. The summed E-state index contributed by atoms with van der Waals surface area (Å²) in [4.78, 5) is 13.3. The number of thiol groups is 1. The first-order chi connectivity index (χ1) is 9.20. The van der Waals surface area contributed by atoms with Crippen LogP contribution in [0.4, 0.5) is 4.79 Å². The monoisotopic (exact) mass is 281 g/mol. The summed E-state index contributed by atoms with van der Waals surface area (Å²) in [5.41, 5.74) is 1.13. The molecule has 0 spiro atoms. The van der Waals surface area contributed by atoms with Crippen molar-refractivity contribution in [1.29, 1.82) is 0 Å². The summed E-state index contributed by atoms with van der Waals surface area (Å²) in [6.45, 7) is 1.69. The first-order valence-corrected chi connectivity index (χ1v) is 6.86. The summed E-state index contributed by atoms with van der Waals surface area (Å²) in [5, 5.41) is 0.199. The van der Waals surface area contributed by atoms with Crippen LogP contribution >= 0.6 is 12.6 Å². The van der Waals surface area contributed by atoms with Gasteiger partial charge in [0.05, 0.1) is 26.4 Å². The highest BCUT2D eigenvalue weighted by molar-refractivity contribution is 7.81. The number of hydrogen-bond acceptors (Lipinski definition) is 4. The molecular weight excluding hydrogens is 262 g/mol. The van der Waals surface area contributed by atoms with E-state index in [9.17, 15) is 4.79 Å².